The van der Waals surface area contributed by atoms with Crippen LogP contribution in [0.2, 0.25) is 0 Å². The minimum absolute atomic E-state index is 0.00143. The average molecular weight is 417 g/mol. The van der Waals surface area contributed by atoms with Gasteiger partial charge in [-0.3, -0.25) is 9.69 Å². The second-order valence-electron chi connectivity index (χ2n) is 8.25. The Bertz CT molecular complexity index is 692. The van der Waals surface area contributed by atoms with Gasteiger partial charge in [0.1, 0.15) is 0 Å². The molecule has 3 heterocycles. The molecule has 1 aromatic carbocycles. The Balaban J connectivity index is 1.28. The van der Waals surface area contributed by atoms with E-state index in [1.807, 2.05) is 0 Å². The van der Waals surface area contributed by atoms with Gasteiger partial charge >= 0.3 is 6.03 Å². The Hall–Kier alpha value is -2.16. The van der Waals surface area contributed by atoms with E-state index in [0.717, 1.165) is 32.7 Å². The van der Waals surface area contributed by atoms with Crippen molar-refractivity contribution in [1.82, 2.24) is 15.1 Å². The lowest BCUT2D eigenvalue weighted by atomic mass is 9.97. The van der Waals surface area contributed by atoms with Crippen molar-refractivity contribution in [2.75, 3.05) is 64.5 Å². The molecule has 164 valence electrons. The fraction of sp³-hybridized carbons (Fsp3) is 0.636. The highest BCUT2D eigenvalue weighted by atomic mass is 16.5. The van der Waals surface area contributed by atoms with Gasteiger partial charge in [-0.2, -0.15) is 0 Å². The van der Waals surface area contributed by atoms with Gasteiger partial charge in [-0.25, -0.2) is 4.79 Å². The molecule has 3 aliphatic rings. The van der Waals surface area contributed by atoms with E-state index in [2.05, 4.69) is 15.5 Å². The van der Waals surface area contributed by atoms with Gasteiger partial charge in [-0.15, -0.1) is 0 Å². The second-order valence-corrected chi connectivity index (χ2v) is 8.25. The van der Waals surface area contributed by atoms with Crippen LogP contribution in [0.15, 0.2) is 24.3 Å². The fourth-order valence-corrected chi connectivity index (χ4v) is 4.54. The molecule has 3 saturated heterocycles. The molecular weight excluding hydrogens is 384 g/mol. The monoisotopic (exact) mass is 416 g/mol. The summed E-state index contributed by atoms with van der Waals surface area (Å²) < 4.78 is 10.9. The molecule has 3 amide bonds. The summed E-state index contributed by atoms with van der Waals surface area (Å²) in [6.07, 6.45) is 3.51. The van der Waals surface area contributed by atoms with Gasteiger partial charge < -0.3 is 25.0 Å². The van der Waals surface area contributed by atoms with Gasteiger partial charge in [0.2, 0.25) is 0 Å². The molecule has 0 bridgehead atoms. The van der Waals surface area contributed by atoms with Crippen LogP contribution in [0, 0.1) is 5.92 Å². The molecule has 2 atom stereocenters. The van der Waals surface area contributed by atoms with E-state index in [1.165, 1.54) is 12.8 Å². The molecule has 30 heavy (non-hydrogen) atoms. The number of hydrogen-bond donors (Lipinski definition) is 2. The lowest BCUT2D eigenvalue weighted by molar-refractivity contribution is 0.0303. The third-order valence-corrected chi connectivity index (χ3v) is 6.28. The standard InChI is InChI=1S/C22H32N4O4/c27-21(26-10-13-29-14-11-26)17-3-5-19(6-4-17)24-22(28)23-15-20(18-7-12-30-16-18)25-8-1-2-9-25/h3-6,18,20H,1-2,7-16H2,(H2,23,24,28)/t18-,20+/m0/s1. The smallest absolute Gasteiger partial charge is 0.319 e. The first-order chi connectivity index (χ1) is 14.7. The molecular formula is C22H32N4O4. The Morgan fingerprint density at radius 3 is 2.40 bits per heavy atom. The maximum absolute atomic E-state index is 12.5. The molecule has 3 aliphatic heterocycles. The van der Waals surface area contributed by atoms with Crippen molar-refractivity contribution in [3.05, 3.63) is 29.8 Å². The van der Waals surface area contributed by atoms with E-state index >= 15 is 0 Å². The van der Waals surface area contributed by atoms with Crippen molar-refractivity contribution in [3.63, 3.8) is 0 Å². The number of likely N-dealkylation sites (tertiary alicyclic amines) is 1. The van der Waals surface area contributed by atoms with Gasteiger partial charge in [0, 0.05) is 49.5 Å². The summed E-state index contributed by atoms with van der Waals surface area (Å²) in [6, 6.07) is 7.18. The number of morpholine rings is 1. The first kappa shape index (κ1) is 21.1. The fourth-order valence-electron chi connectivity index (χ4n) is 4.54. The number of carbonyl (C=O) groups is 2. The van der Waals surface area contributed by atoms with Gasteiger partial charge in [-0.05, 0) is 56.6 Å². The zero-order valence-electron chi connectivity index (χ0n) is 17.5. The van der Waals surface area contributed by atoms with Crippen LogP contribution in [0.4, 0.5) is 10.5 Å². The first-order valence-corrected chi connectivity index (χ1v) is 11.0. The Labute approximate surface area is 177 Å². The van der Waals surface area contributed by atoms with Gasteiger partial charge in [0.05, 0.1) is 19.8 Å². The quantitative estimate of drug-likeness (QED) is 0.739. The molecule has 4 rings (SSSR count). The van der Waals surface area contributed by atoms with E-state index < -0.39 is 0 Å². The Morgan fingerprint density at radius 1 is 1.00 bits per heavy atom. The molecule has 0 unspecified atom stereocenters. The lowest BCUT2D eigenvalue weighted by Crippen LogP contribution is -2.48. The molecule has 1 aromatic rings. The van der Waals surface area contributed by atoms with E-state index in [-0.39, 0.29) is 11.9 Å². The SMILES string of the molecule is O=C(NC[C@H]([C@H]1CCOC1)N1CCCC1)Nc1ccc(C(=O)N2CCOCC2)cc1. The highest BCUT2D eigenvalue weighted by Gasteiger charge is 2.32. The molecule has 0 spiro atoms. The number of anilines is 1. The summed E-state index contributed by atoms with van der Waals surface area (Å²) in [4.78, 5) is 29.3. The van der Waals surface area contributed by atoms with Crippen molar-refractivity contribution in [3.8, 4) is 0 Å². The third-order valence-electron chi connectivity index (χ3n) is 6.28. The number of benzene rings is 1. The number of hydrogen-bond acceptors (Lipinski definition) is 5. The van der Waals surface area contributed by atoms with Crippen LogP contribution in [0.1, 0.15) is 29.6 Å². The van der Waals surface area contributed by atoms with Crippen molar-refractivity contribution in [2.24, 2.45) is 5.92 Å². The molecule has 0 aliphatic carbocycles. The number of amides is 3. The van der Waals surface area contributed by atoms with Crippen LogP contribution >= 0.6 is 0 Å². The molecule has 0 aromatic heterocycles. The van der Waals surface area contributed by atoms with E-state index in [1.54, 1.807) is 29.2 Å². The van der Waals surface area contributed by atoms with Crippen LogP contribution in [-0.4, -0.2) is 86.9 Å². The van der Waals surface area contributed by atoms with Gasteiger partial charge in [0.15, 0.2) is 0 Å². The van der Waals surface area contributed by atoms with Crippen LogP contribution in [0.5, 0.6) is 0 Å². The maximum Gasteiger partial charge on any atom is 0.319 e. The number of rotatable bonds is 6. The largest absolute Gasteiger partial charge is 0.381 e. The molecule has 2 N–H and O–H groups in total. The van der Waals surface area contributed by atoms with Crippen LogP contribution in [-0.2, 0) is 9.47 Å². The van der Waals surface area contributed by atoms with E-state index in [9.17, 15) is 9.59 Å². The zero-order chi connectivity index (χ0) is 20.8. The highest BCUT2D eigenvalue weighted by molar-refractivity contribution is 5.95. The summed E-state index contributed by atoms with van der Waals surface area (Å²) in [7, 11) is 0. The summed E-state index contributed by atoms with van der Waals surface area (Å²) in [6.45, 7) is 6.81. The molecule has 0 radical (unpaired) electrons. The van der Waals surface area contributed by atoms with E-state index in [0.29, 0.717) is 56.1 Å². The predicted octanol–water partition coefficient (Wildman–Crippen LogP) is 1.78. The van der Waals surface area contributed by atoms with Gasteiger partial charge in [-0.1, -0.05) is 0 Å². The molecule has 8 nitrogen and oxygen atoms in total. The molecule has 8 heteroatoms. The first-order valence-electron chi connectivity index (χ1n) is 11.0. The Morgan fingerprint density at radius 2 is 1.73 bits per heavy atom. The summed E-state index contributed by atoms with van der Waals surface area (Å²) in [5, 5.41) is 5.92. The zero-order valence-corrected chi connectivity index (χ0v) is 17.5. The maximum atomic E-state index is 12.5. The lowest BCUT2D eigenvalue weighted by Gasteiger charge is -2.32. The number of urea groups is 1. The number of carbonyl (C=O) groups excluding carboxylic acids is 2. The van der Waals surface area contributed by atoms with Gasteiger partial charge in [0.25, 0.3) is 5.91 Å². The van der Waals surface area contributed by atoms with Crippen molar-refractivity contribution >= 4 is 17.6 Å². The van der Waals surface area contributed by atoms with Crippen LogP contribution in [0.25, 0.3) is 0 Å². The van der Waals surface area contributed by atoms with Crippen molar-refractivity contribution in [1.29, 1.82) is 0 Å². The molecule has 0 saturated carbocycles. The number of nitrogens with one attached hydrogen (secondary N) is 2. The summed E-state index contributed by atoms with van der Waals surface area (Å²) >= 11 is 0. The topological polar surface area (TPSA) is 83.1 Å². The summed E-state index contributed by atoms with van der Waals surface area (Å²) in [5.74, 6) is 0.482. The number of nitrogens with zero attached hydrogens (tertiary/aromatic N) is 2. The average Bonchev–Trinajstić information content (AvgIpc) is 3.50. The van der Waals surface area contributed by atoms with E-state index in [4.69, 9.17) is 9.47 Å². The predicted molar refractivity (Wildman–Crippen MR) is 114 cm³/mol. The number of ether oxygens (including phenoxy) is 2. The van der Waals surface area contributed by atoms with Crippen LogP contribution < -0.4 is 10.6 Å². The van der Waals surface area contributed by atoms with Crippen molar-refractivity contribution in [2.45, 2.75) is 25.3 Å². The Kier molecular flexibility index (Phi) is 7.20. The van der Waals surface area contributed by atoms with Crippen molar-refractivity contribution < 1.29 is 19.1 Å². The summed E-state index contributed by atoms with van der Waals surface area (Å²) in [5.41, 5.74) is 1.30. The molecule has 3 fully saturated rings. The highest BCUT2D eigenvalue weighted by Crippen LogP contribution is 2.24. The second kappa shape index (κ2) is 10.2. The van der Waals surface area contributed by atoms with Crippen LogP contribution in [0.3, 0.4) is 0 Å². The normalized spacial score (nSPS) is 23.3. The minimum atomic E-state index is -0.217. The third kappa shape index (κ3) is 5.30. The minimum Gasteiger partial charge on any atom is -0.381 e.